The summed E-state index contributed by atoms with van der Waals surface area (Å²) in [4.78, 5) is 0. The Morgan fingerprint density at radius 1 is 0.857 bits per heavy atom. The summed E-state index contributed by atoms with van der Waals surface area (Å²) in [7, 11) is -5.15. The standard InChI is InChI=1S/C10H16F6O3S.K/c11-4-2-1-3-6(12)8(14)10(16)9(15)7(13)5-20(17,18)19;/h6-10H,1-5H2,(H,17,18,19);/q;+1/p-1. The predicted octanol–water partition coefficient (Wildman–Crippen LogP) is -0.634. The molecule has 0 aromatic carbocycles. The Balaban J connectivity index is 0. The molecule has 0 saturated heterocycles. The zero-order chi connectivity index (χ0) is 15.9. The van der Waals surface area contributed by atoms with Gasteiger partial charge in [-0.3, -0.25) is 4.39 Å². The van der Waals surface area contributed by atoms with Crippen LogP contribution in [0, 0.1) is 0 Å². The molecule has 0 aliphatic rings. The minimum Gasteiger partial charge on any atom is -0.748 e. The maximum atomic E-state index is 13.2. The van der Waals surface area contributed by atoms with Gasteiger partial charge in [-0.15, -0.1) is 0 Å². The van der Waals surface area contributed by atoms with Crippen molar-refractivity contribution in [2.24, 2.45) is 0 Å². The van der Waals surface area contributed by atoms with Crippen molar-refractivity contribution in [2.45, 2.75) is 50.1 Å². The summed E-state index contributed by atoms with van der Waals surface area (Å²) in [5.41, 5.74) is 0. The fourth-order valence-corrected chi connectivity index (χ4v) is 2.03. The van der Waals surface area contributed by atoms with Crippen LogP contribution < -0.4 is 51.4 Å². The molecule has 0 N–H and O–H groups in total. The van der Waals surface area contributed by atoms with Gasteiger partial charge < -0.3 is 4.55 Å². The first kappa shape index (κ1) is 24.4. The van der Waals surface area contributed by atoms with Crippen LogP contribution in [-0.4, -0.2) is 56.3 Å². The van der Waals surface area contributed by atoms with Crippen LogP contribution in [0.5, 0.6) is 0 Å². The van der Waals surface area contributed by atoms with Gasteiger partial charge in [0.25, 0.3) is 0 Å². The Bertz CT molecular complexity index is 372. The summed E-state index contributed by atoms with van der Waals surface area (Å²) in [6.07, 6.45) is -15.8. The largest absolute Gasteiger partial charge is 1.00 e. The van der Waals surface area contributed by atoms with E-state index in [1.165, 1.54) is 0 Å². The van der Waals surface area contributed by atoms with E-state index >= 15 is 0 Å². The fraction of sp³-hybridized carbons (Fsp3) is 1.00. The number of unbranched alkanes of at least 4 members (excludes halogenated alkanes) is 1. The third kappa shape index (κ3) is 10.5. The van der Waals surface area contributed by atoms with Crippen LogP contribution in [0.2, 0.25) is 0 Å². The van der Waals surface area contributed by atoms with Gasteiger partial charge in [0.1, 0.15) is 12.3 Å². The summed E-state index contributed by atoms with van der Waals surface area (Å²) < 4.78 is 108. The summed E-state index contributed by atoms with van der Waals surface area (Å²) in [5, 5.41) is 0. The van der Waals surface area contributed by atoms with Crippen molar-refractivity contribution in [3.63, 3.8) is 0 Å². The molecule has 122 valence electrons. The van der Waals surface area contributed by atoms with Crippen molar-refractivity contribution >= 4 is 10.1 Å². The Labute approximate surface area is 162 Å². The zero-order valence-electron chi connectivity index (χ0n) is 11.3. The van der Waals surface area contributed by atoms with E-state index in [9.17, 15) is 39.3 Å². The van der Waals surface area contributed by atoms with E-state index in [0.717, 1.165) is 0 Å². The Hall–Kier alpha value is 1.13. The summed E-state index contributed by atoms with van der Waals surface area (Å²) in [5.74, 6) is -1.86. The average Bonchev–Trinajstić information content (AvgIpc) is 2.34. The molecule has 0 radical (unpaired) electrons. The first-order valence-electron chi connectivity index (χ1n) is 5.80. The smallest absolute Gasteiger partial charge is 0.748 e. The molecule has 0 fully saturated rings. The van der Waals surface area contributed by atoms with Crippen molar-refractivity contribution in [1.29, 1.82) is 0 Å². The van der Waals surface area contributed by atoms with Gasteiger partial charge in [0.05, 0.1) is 22.5 Å². The van der Waals surface area contributed by atoms with Crippen LogP contribution in [0.15, 0.2) is 0 Å². The van der Waals surface area contributed by atoms with Crippen LogP contribution in [0.1, 0.15) is 19.3 Å². The van der Waals surface area contributed by atoms with Gasteiger partial charge in [-0.1, -0.05) is 0 Å². The summed E-state index contributed by atoms with van der Waals surface area (Å²) in [6.45, 7) is -0.775. The van der Waals surface area contributed by atoms with E-state index in [2.05, 4.69) is 0 Å². The molecule has 0 spiro atoms. The van der Waals surface area contributed by atoms with Crippen LogP contribution in [0.25, 0.3) is 0 Å². The van der Waals surface area contributed by atoms with Crippen molar-refractivity contribution in [3.8, 4) is 0 Å². The maximum absolute atomic E-state index is 13.2. The fourth-order valence-electron chi connectivity index (χ4n) is 1.45. The van der Waals surface area contributed by atoms with Gasteiger partial charge in [0.2, 0.25) is 0 Å². The molecule has 0 aliphatic heterocycles. The third-order valence-corrected chi connectivity index (χ3v) is 3.25. The van der Waals surface area contributed by atoms with Crippen LogP contribution >= 0.6 is 0 Å². The van der Waals surface area contributed by atoms with E-state index in [4.69, 9.17) is 0 Å². The first-order valence-corrected chi connectivity index (χ1v) is 7.37. The van der Waals surface area contributed by atoms with E-state index < -0.39 is 59.8 Å². The van der Waals surface area contributed by atoms with E-state index in [1.54, 1.807) is 0 Å². The monoisotopic (exact) mass is 368 g/mol. The van der Waals surface area contributed by atoms with Gasteiger partial charge in [0.15, 0.2) is 18.5 Å². The van der Waals surface area contributed by atoms with Crippen LogP contribution in [0.3, 0.4) is 0 Å². The van der Waals surface area contributed by atoms with E-state index in [0.29, 0.717) is 0 Å². The average molecular weight is 368 g/mol. The van der Waals surface area contributed by atoms with Crippen molar-refractivity contribution in [2.75, 3.05) is 12.4 Å². The van der Waals surface area contributed by atoms with E-state index in [-0.39, 0.29) is 64.2 Å². The normalized spacial score (nSPS) is 19.2. The van der Waals surface area contributed by atoms with Gasteiger partial charge in [0, 0.05) is 0 Å². The van der Waals surface area contributed by atoms with Gasteiger partial charge >= 0.3 is 51.4 Å². The molecule has 11 heteroatoms. The molecule has 0 amide bonds. The molecule has 0 aromatic heterocycles. The van der Waals surface area contributed by atoms with Gasteiger partial charge in [-0.25, -0.2) is 30.4 Å². The third-order valence-electron chi connectivity index (χ3n) is 2.53. The number of halogens is 6. The van der Waals surface area contributed by atoms with Gasteiger partial charge in [-0.2, -0.15) is 0 Å². The zero-order valence-corrected chi connectivity index (χ0v) is 15.3. The molecule has 5 atom stereocenters. The Kier molecular flexibility index (Phi) is 13.5. The molecule has 0 rings (SSSR count). The molecular weight excluding hydrogens is 353 g/mol. The SMILES string of the molecule is O=S(=O)([O-])CC(F)C(F)C(F)C(F)C(F)CCCCF.[K+]. The predicted molar refractivity (Wildman–Crippen MR) is 58.9 cm³/mol. The number of rotatable bonds is 10. The quantitative estimate of drug-likeness (QED) is 0.223. The molecule has 0 saturated carbocycles. The molecular formula is C10H15F6KO3S. The van der Waals surface area contributed by atoms with Crippen LogP contribution in [-0.2, 0) is 10.1 Å². The minimum absolute atomic E-state index is 0. The van der Waals surface area contributed by atoms with Crippen LogP contribution in [0.4, 0.5) is 26.3 Å². The molecule has 0 aliphatic carbocycles. The molecule has 0 heterocycles. The molecule has 3 nitrogen and oxygen atoms in total. The summed E-state index contributed by atoms with van der Waals surface area (Å²) >= 11 is 0. The molecule has 0 aromatic rings. The second-order valence-electron chi connectivity index (χ2n) is 4.27. The Morgan fingerprint density at radius 2 is 1.33 bits per heavy atom. The topological polar surface area (TPSA) is 57.2 Å². The molecule has 5 unspecified atom stereocenters. The van der Waals surface area contributed by atoms with Crippen molar-refractivity contribution < 1.29 is 90.7 Å². The van der Waals surface area contributed by atoms with Crippen molar-refractivity contribution in [1.82, 2.24) is 0 Å². The second kappa shape index (κ2) is 11.6. The summed E-state index contributed by atoms with van der Waals surface area (Å²) in [6, 6.07) is 0. The minimum atomic E-state index is -5.15. The van der Waals surface area contributed by atoms with Crippen molar-refractivity contribution in [3.05, 3.63) is 0 Å². The Morgan fingerprint density at radius 3 is 1.76 bits per heavy atom. The van der Waals surface area contributed by atoms with E-state index in [1.807, 2.05) is 0 Å². The maximum Gasteiger partial charge on any atom is 1.00 e. The number of alkyl halides is 6. The van der Waals surface area contributed by atoms with Gasteiger partial charge in [-0.05, 0) is 19.3 Å². The number of hydrogen-bond donors (Lipinski definition) is 0. The molecule has 21 heavy (non-hydrogen) atoms. The molecule has 0 bridgehead atoms. The first-order chi connectivity index (χ1) is 9.10. The number of hydrogen-bond acceptors (Lipinski definition) is 3. The second-order valence-corrected chi connectivity index (χ2v) is 5.72.